The van der Waals surface area contributed by atoms with Crippen LogP contribution in [0.3, 0.4) is 0 Å². The summed E-state index contributed by atoms with van der Waals surface area (Å²) in [5.41, 5.74) is 37.5. The molecule has 0 saturated heterocycles. The van der Waals surface area contributed by atoms with E-state index in [1.807, 2.05) is 184 Å². The van der Waals surface area contributed by atoms with E-state index in [1.165, 1.54) is 66.9 Å². The maximum atomic E-state index is 4.54. The summed E-state index contributed by atoms with van der Waals surface area (Å²) in [7, 11) is 9.93. The number of rotatable bonds is 15. The minimum absolute atomic E-state index is 0. The van der Waals surface area contributed by atoms with Crippen molar-refractivity contribution in [1.82, 2.24) is 122 Å². The summed E-state index contributed by atoms with van der Waals surface area (Å²) < 4.78 is 20.3. The number of aryl methyl sites for hydroxylation is 12. The van der Waals surface area contributed by atoms with Crippen LogP contribution in [0.1, 0.15) is 89.6 Å². The Kier molecular flexibility index (Phi) is 32.7. The van der Waals surface area contributed by atoms with E-state index in [0.717, 1.165) is 157 Å². The topological polar surface area (TPSA) is 243 Å². The Morgan fingerprint density at radius 3 is 0.773 bits per heavy atom. The third-order valence-electron chi connectivity index (χ3n) is 24.6. The maximum absolute atomic E-state index is 4.54. The molecule has 0 spiro atoms. The Balaban J connectivity index is 0.000000140. The first-order valence-electron chi connectivity index (χ1n) is 45.0. The average Bonchev–Trinajstić information content (AvgIpc) is 1.68. The van der Waals surface area contributed by atoms with Crippen LogP contribution in [0, 0.1) is 78.8 Å². The third kappa shape index (κ3) is 20.3. The first-order chi connectivity index (χ1) is 66.2. The van der Waals surface area contributed by atoms with Gasteiger partial charge >= 0.3 is 0 Å². The zero-order valence-electron chi connectivity index (χ0n) is 80.2. The van der Waals surface area contributed by atoms with Crippen molar-refractivity contribution in [3.8, 4) is 119 Å². The minimum atomic E-state index is 0. The quantitative estimate of drug-likeness (QED) is 0.0867. The number of benzene rings is 13. The van der Waals surface area contributed by atoms with Crippen molar-refractivity contribution in [3.63, 3.8) is 0 Å². The predicted molar refractivity (Wildman–Crippen MR) is 537 cm³/mol. The first-order valence-corrected chi connectivity index (χ1v) is 45.0. The molecule has 23 rings (SSSR count). The van der Waals surface area contributed by atoms with Crippen molar-refractivity contribution in [2.45, 2.75) is 88.0 Å². The van der Waals surface area contributed by atoms with Gasteiger partial charge in [-0.1, -0.05) is 219 Å². The molecule has 0 bridgehead atoms. The van der Waals surface area contributed by atoms with Gasteiger partial charge in [0.2, 0.25) is 0 Å². The number of imidazole rings is 5. The van der Waals surface area contributed by atoms with E-state index in [2.05, 4.69) is 348 Å². The SMILES string of the molecule is CC(C)c1cccc(C(C)C)c1-n1cnnc1-c1[c-]ccc2ncn(C)c12.Cc1cc(-c2ccccc2)cc(C)c1-n1cnnc1-c1[c-]ccc2ncn(C)c12.Cc1cc(C)c(-n2cnnc2-c2[c-]ccc3ncn(C)c23)c(C)c1.Cc1cccc(C)c1-n1cnnc1-c1[c-]ccc2ncn(C)c12.Cn1cnc2cc[c-]c(-c3nncn3-c3c(-c4ccccc4)cccc3-c3ccccc3)c21.[Ir].[Ir].[Ir].[Ir].[Ir]. The van der Waals surface area contributed by atoms with E-state index in [9.17, 15) is 0 Å². The molecule has 0 unspecified atom stereocenters. The van der Waals surface area contributed by atoms with Crippen molar-refractivity contribution >= 4 is 55.2 Å². The van der Waals surface area contributed by atoms with Crippen molar-refractivity contribution < 1.29 is 101 Å². The molecule has 141 heavy (non-hydrogen) atoms. The van der Waals surface area contributed by atoms with Gasteiger partial charge in [0.1, 0.15) is 31.6 Å². The smallest absolute Gasteiger partial charge is 0.115 e. The zero-order chi connectivity index (χ0) is 94.1. The molecule has 0 aliphatic carbocycles. The van der Waals surface area contributed by atoms with Crippen LogP contribution in [0.15, 0.2) is 294 Å². The molecule has 10 aromatic heterocycles. The van der Waals surface area contributed by atoms with Gasteiger partial charge in [0.25, 0.3) is 0 Å². The van der Waals surface area contributed by atoms with Crippen molar-refractivity contribution in [2.75, 3.05) is 0 Å². The van der Waals surface area contributed by atoms with Gasteiger partial charge in [0.05, 0.1) is 66.4 Å². The fraction of sp³-hybridized carbons (Fsp3) is 0.162. The van der Waals surface area contributed by atoms with Crippen LogP contribution in [-0.4, -0.2) is 122 Å². The predicted octanol–water partition coefficient (Wildman–Crippen LogP) is 22.5. The molecule has 23 aromatic rings. The molecular weight excluding hydrogens is 2640 g/mol. The van der Waals surface area contributed by atoms with Crippen LogP contribution < -0.4 is 0 Å². The first kappa shape index (κ1) is 103. The Morgan fingerprint density at radius 1 is 0.234 bits per heavy atom. The van der Waals surface area contributed by atoms with E-state index in [0.29, 0.717) is 11.8 Å². The number of nitrogens with zero attached hydrogens (tertiary/aromatic N) is 25. The number of aromatic nitrogens is 25. The molecule has 13 aromatic carbocycles. The van der Waals surface area contributed by atoms with E-state index >= 15 is 0 Å². The van der Waals surface area contributed by atoms with Gasteiger partial charge in [-0.2, -0.15) is 25.5 Å². The van der Waals surface area contributed by atoms with Gasteiger partial charge in [-0.05, 0) is 167 Å². The van der Waals surface area contributed by atoms with Crippen molar-refractivity contribution in [1.29, 1.82) is 0 Å². The van der Waals surface area contributed by atoms with Crippen LogP contribution in [-0.2, 0) is 136 Å². The van der Waals surface area contributed by atoms with E-state index in [1.54, 1.807) is 25.3 Å². The molecule has 0 amide bonds. The van der Waals surface area contributed by atoms with Crippen LogP contribution in [0.2, 0.25) is 0 Å². The van der Waals surface area contributed by atoms with E-state index in [4.69, 9.17) is 0 Å². The molecule has 10 heterocycles. The van der Waals surface area contributed by atoms with Crippen LogP contribution >= 0.6 is 0 Å². The second kappa shape index (κ2) is 44.7. The van der Waals surface area contributed by atoms with Gasteiger partial charge < -0.3 is 45.7 Å². The summed E-state index contributed by atoms with van der Waals surface area (Å²) >= 11 is 0. The molecule has 0 N–H and O–H groups in total. The summed E-state index contributed by atoms with van der Waals surface area (Å²) in [6.45, 7) is 23.7. The Hall–Kier alpha value is -13.8. The van der Waals surface area contributed by atoms with Gasteiger partial charge in [0.15, 0.2) is 0 Å². The van der Waals surface area contributed by atoms with Crippen LogP contribution in [0.25, 0.3) is 174 Å². The molecule has 0 fully saturated rings. The molecule has 0 saturated carbocycles. The molecule has 0 aliphatic heterocycles. The molecule has 717 valence electrons. The average molecular weight is 2740 g/mol. The van der Waals surface area contributed by atoms with Crippen molar-refractivity contribution in [3.05, 3.63) is 374 Å². The summed E-state index contributed by atoms with van der Waals surface area (Å²) in [5.74, 6) is 4.62. The maximum Gasteiger partial charge on any atom is 0.115 e. The number of hydrogen-bond acceptors (Lipinski definition) is 15. The second-order valence-corrected chi connectivity index (χ2v) is 34.7. The molecular formula is C111H98Ir5N25-5. The summed E-state index contributed by atoms with van der Waals surface area (Å²) in [4.78, 5) is 22.3. The Bertz CT molecular complexity index is 8160. The summed E-state index contributed by atoms with van der Waals surface area (Å²) in [5, 5.41) is 43.3. The van der Waals surface area contributed by atoms with Crippen molar-refractivity contribution in [2.24, 2.45) is 35.2 Å². The molecule has 30 heteroatoms. The Labute approximate surface area is 885 Å². The number of fused-ring (bicyclic) bond motifs is 5. The molecule has 0 atom stereocenters. The monoisotopic (exact) mass is 2750 g/mol. The molecule has 5 radical (unpaired) electrons. The zero-order valence-corrected chi connectivity index (χ0v) is 92.2. The van der Waals surface area contributed by atoms with E-state index in [-0.39, 0.29) is 101 Å². The second-order valence-electron chi connectivity index (χ2n) is 34.7. The Morgan fingerprint density at radius 2 is 0.482 bits per heavy atom. The number of para-hydroxylation sites is 3. The fourth-order valence-corrected chi connectivity index (χ4v) is 18.6. The minimum Gasteiger partial charge on any atom is -0.373 e. The van der Waals surface area contributed by atoms with Gasteiger partial charge in [0, 0.05) is 197 Å². The standard InChI is InChI=1S/C28H20N5.C24H20N5.C22H24N5.C19H18N5.C18H16N5.5Ir/c1-32-18-29-25-17-9-16-24(27(25)32)28-31-30-19-33(28)26-22(20-10-4-2-5-11-20)14-8-15-23(26)21-12-6-3-7-13-21;1-16-12-19(18-8-5-4-6-9-18)13-17(2)22(16)29-15-26-27-24(29)20-10-7-11-21-23(20)28(3)14-25-21;1-14(2)16-8-6-9-17(15(3)4)20(16)27-13-24-25-22(27)18-10-7-11-19-21(18)26(5)12-23-19;1-12-8-13(2)17(14(3)9-12)24-11-21-22-19(24)15-6-5-7-16-18(15)23(4)10-20-16;1-12-6-4-7-13(2)16(12)23-11-20-21-18(23)14-8-5-9-15-17(14)22(3)10-19-15;;;;;/h2-15,17-19H,1H3;4-9,11-15H,1-3H3;6-9,11-15H,1-5H3;5,7-11H,1-4H3;4-7,9-11H,1-3H3;;;;;/q5*-1;;;;;. The van der Waals surface area contributed by atoms with Gasteiger partial charge in [-0.25, -0.2) is 0 Å². The summed E-state index contributed by atoms with van der Waals surface area (Å²) in [6.07, 6.45) is 18.0. The normalized spacial score (nSPS) is 11.0. The largest absolute Gasteiger partial charge is 0.373 e. The molecule has 25 nitrogen and oxygen atoms in total. The summed E-state index contributed by atoms with van der Waals surface area (Å²) in [6, 6.07) is 95.3. The van der Waals surface area contributed by atoms with Gasteiger partial charge in [-0.15, -0.1) is 116 Å². The fourth-order valence-electron chi connectivity index (χ4n) is 18.6. The van der Waals surface area contributed by atoms with Gasteiger partial charge in [-0.3, -0.25) is 24.9 Å². The molecule has 0 aliphatic rings. The third-order valence-corrected chi connectivity index (χ3v) is 24.6. The van der Waals surface area contributed by atoms with Crippen LogP contribution in [0.4, 0.5) is 0 Å². The van der Waals surface area contributed by atoms with Crippen LogP contribution in [0.5, 0.6) is 0 Å². The number of hydrogen-bond donors (Lipinski definition) is 0. The van der Waals surface area contributed by atoms with E-state index < -0.39 is 0 Å².